The van der Waals surface area contributed by atoms with Crippen LogP contribution in [0, 0.1) is 6.92 Å². The summed E-state index contributed by atoms with van der Waals surface area (Å²) in [5.41, 5.74) is 2.33. The Hall–Kier alpha value is -4.28. The molecule has 1 aromatic carbocycles. The summed E-state index contributed by atoms with van der Waals surface area (Å²) in [6, 6.07) is 10.6. The van der Waals surface area contributed by atoms with Crippen molar-refractivity contribution in [3.05, 3.63) is 65.4 Å². The van der Waals surface area contributed by atoms with E-state index < -0.39 is 11.9 Å². The third-order valence-corrected chi connectivity index (χ3v) is 7.02. The molecule has 220 valence electrons. The zero-order chi connectivity index (χ0) is 29.7. The summed E-state index contributed by atoms with van der Waals surface area (Å²) in [6.07, 6.45) is 1.27. The normalized spacial score (nSPS) is 14.5. The fourth-order valence-corrected chi connectivity index (χ4v) is 4.47. The molecule has 1 N–H and O–H groups in total. The zero-order valence-corrected chi connectivity index (χ0v) is 24.6. The Kier molecular flexibility index (Phi) is 9.05. The highest BCUT2D eigenvalue weighted by atomic mass is 16.6. The molecule has 0 radical (unpaired) electrons. The van der Waals surface area contributed by atoms with E-state index >= 15 is 0 Å². The number of benzene rings is 1. The summed E-state index contributed by atoms with van der Waals surface area (Å²) in [5.74, 6) is 0.834. The number of furan rings is 1. The fraction of sp³-hybridized carbons (Fsp3) is 0.467. The van der Waals surface area contributed by atoms with Crippen LogP contribution in [0.3, 0.4) is 0 Å². The molecule has 41 heavy (non-hydrogen) atoms. The molecular formula is C30H39N5O6. The highest BCUT2D eigenvalue weighted by molar-refractivity contribution is 6.02. The van der Waals surface area contributed by atoms with Crippen LogP contribution in [-0.2, 0) is 21.6 Å². The monoisotopic (exact) mass is 565 g/mol. The number of ether oxygens (including phenoxy) is 2. The van der Waals surface area contributed by atoms with E-state index in [1.54, 1.807) is 48.9 Å². The number of hydrogen-bond acceptors (Lipinski definition) is 7. The van der Waals surface area contributed by atoms with E-state index in [-0.39, 0.29) is 29.8 Å². The van der Waals surface area contributed by atoms with Gasteiger partial charge in [-0.15, -0.1) is 0 Å². The van der Waals surface area contributed by atoms with Gasteiger partial charge in [0.1, 0.15) is 24.2 Å². The molecule has 1 aliphatic heterocycles. The van der Waals surface area contributed by atoms with E-state index in [0.29, 0.717) is 55.7 Å². The number of amides is 3. The van der Waals surface area contributed by atoms with Crippen LogP contribution in [0.1, 0.15) is 68.2 Å². The van der Waals surface area contributed by atoms with Crippen molar-refractivity contribution in [3.8, 4) is 5.75 Å². The van der Waals surface area contributed by atoms with Gasteiger partial charge in [0.05, 0.1) is 18.0 Å². The van der Waals surface area contributed by atoms with Gasteiger partial charge in [0.2, 0.25) is 5.91 Å². The molecule has 0 bridgehead atoms. The largest absolute Gasteiger partial charge is 0.486 e. The van der Waals surface area contributed by atoms with Crippen molar-refractivity contribution in [3.63, 3.8) is 0 Å². The van der Waals surface area contributed by atoms with E-state index in [2.05, 4.69) is 31.2 Å². The lowest BCUT2D eigenvalue weighted by Gasteiger charge is -2.35. The Morgan fingerprint density at radius 1 is 1.02 bits per heavy atom. The van der Waals surface area contributed by atoms with Crippen molar-refractivity contribution in [2.24, 2.45) is 0 Å². The second-order valence-electron chi connectivity index (χ2n) is 11.1. The summed E-state index contributed by atoms with van der Waals surface area (Å²) in [5, 5.41) is 7.27. The summed E-state index contributed by atoms with van der Waals surface area (Å²) in [7, 11) is 0. The average Bonchev–Trinajstić information content (AvgIpc) is 3.58. The second-order valence-corrected chi connectivity index (χ2v) is 11.1. The van der Waals surface area contributed by atoms with Crippen molar-refractivity contribution in [1.29, 1.82) is 0 Å². The second kappa shape index (κ2) is 12.5. The first-order chi connectivity index (χ1) is 19.5. The third-order valence-electron chi connectivity index (χ3n) is 7.02. The van der Waals surface area contributed by atoms with E-state index in [4.69, 9.17) is 13.9 Å². The molecular weight excluding hydrogens is 526 g/mol. The lowest BCUT2D eigenvalue weighted by atomic mass is 9.87. The molecule has 1 unspecified atom stereocenters. The molecule has 3 aromatic rings. The van der Waals surface area contributed by atoms with Crippen LogP contribution in [-0.4, -0.2) is 70.3 Å². The minimum absolute atomic E-state index is 0.0621. The maximum Gasteiger partial charge on any atom is 0.409 e. The van der Waals surface area contributed by atoms with Gasteiger partial charge < -0.3 is 29.0 Å². The molecule has 1 fully saturated rings. The predicted molar refractivity (Wildman–Crippen MR) is 153 cm³/mol. The number of anilines is 1. The van der Waals surface area contributed by atoms with Gasteiger partial charge in [-0.2, -0.15) is 5.10 Å². The van der Waals surface area contributed by atoms with E-state index in [9.17, 15) is 14.4 Å². The molecule has 0 aliphatic carbocycles. The third kappa shape index (κ3) is 7.27. The number of nitrogens with zero attached hydrogens (tertiary/aromatic N) is 4. The Morgan fingerprint density at radius 2 is 1.68 bits per heavy atom. The molecule has 0 saturated carbocycles. The van der Waals surface area contributed by atoms with Crippen molar-refractivity contribution >= 4 is 23.6 Å². The van der Waals surface area contributed by atoms with Crippen molar-refractivity contribution in [1.82, 2.24) is 19.6 Å². The number of aromatic nitrogens is 2. The lowest BCUT2D eigenvalue weighted by Crippen LogP contribution is -2.52. The van der Waals surface area contributed by atoms with Crippen LogP contribution in [0.15, 0.2) is 47.0 Å². The maximum atomic E-state index is 13.1. The summed E-state index contributed by atoms with van der Waals surface area (Å²) < 4.78 is 18.1. The molecule has 11 heteroatoms. The Morgan fingerprint density at radius 3 is 2.32 bits per heavy atom. The van der Waals surface area contributed by atoms with Crippen LogP contribution in [0.4, 0.5) is 10.5 Å². The SMILES string of the molecule is CCOC(=O)N1CCN(C(=O)C(C)n2cc(NC(=O)c3ccc(COc4ccc(C(C)(C)C)cc4)o3)c(C)n2)CC1. The van der Waals surface area contributed by atoms with Crippen LogP contribution in [0.5, 0.6) is 5.75 Å². The van der Waals surface area contributed by atoms with Gasteiger partial charge in [-0.1, -0.05) is 32.9 Å². The molecule has 1 aliphatic rings. The number of piperazine rings is 1. The number of carbonyl (C=O) groups is 3. The van der Waals surface area contributed by atoms with Gasteiger partial charge in [0.25, 0.3) is 5.91 Å². The zero-order valence-electron chi connectivity index (χ0n) is 24.6. The molecule has 3 heterocycles. The van der Waals surface area contributed by atoms with Crippen LogP contribution >= 0.6 is 0 Å². The highest BCUT2D eigenvalue weighted by Gasteiger charge is 2.29. The summed E-state index contributed by atoms with van der Waals surface area (Å²) >= 11 is 0. The topological polar surface area (TPSA) is 119 Å². The van der Waals surface area contributed by atoms with Crippen molar-refractivity contribution in [2.45, 2.75) is 59.6 Å². The Labute approximate surface area is 240 Å². The minimum atomic E-state index is -0.585. The van der Waals surface area contributed by atoms with Crippen molar-refractivity contribution < 1.29 is 28.3 Å². The highest BCUT2D eigenvalue weighted by Crippen LogP contribution is 2.25. The first-order valence-corrected chi connectivity index (χ1v) is 13.9. The summed E-state index contributed by atoms with van der Waals surface area (Å²) in [4.78, 5) is 41.2. The van der Waals surface area contributed by atoms with Gasteiger partial charge in [0, 0.05) is 32.4 Å². The van der Waals surface area contributed by atoms with Crippen LogP contribution in [0.25, 0.3) is 0 Å². The number of rotatable bonds is 8. The minimum Gasteiger partial charge on any atom is -0.486 e. The lowest BCUT2D eigenvalue weighted by molar-refractivity contribution is -0.136. The molecule has 11 nitrogen and oxygen atoms in total. The molecule has 3 amide bonds. The quantitative estimate of drug-likeness (QED) is 0.418. The van der Waals surface area contributed by atoms with E-state index in [1.807, 2.05) is 24.3 Å². The first kappa shape index (κ1) is 29.7. The Bertz CT molecular complexity index is 1360. The summed E-state index contributed by atoms with van der Waals surface area (Å²) in [6.45, 7) is 13.9. The van der Waals surface area contributed by atoms with Crippen LogP contribution in [0.2, 0.25) is 0 Å². The van der Waals surface area contributed by atoms with Crippen molar-refractivity contribution in [2.75, 3.05) is 38.1 Å². The van der Waals surface area contributed by atoms with Gasteiger partial charge in [-0.05, 0) is 56.0 Å². The molecule has 1 atom stereocenters. The van der Waals surface area contributed by atoms with Gasteiger partial charge >= 0.3 is 6.09 Å². The standard InChI is InChI=1S/C30H39N5O6/c1-7-39-29(38)34-16-14-33(15-17-34)28(37)21(3)35-18-25(20(2)32-35)31-27(36)26-13-12-24(41-26)19-40-23-10-8-22(9-11-23)30(4,5)6/h8-13,18,21H,7,14-17,19H2,1-6H3,(H,31,36). The van der Waals surface area contributed by atoms with Gasteiger partial charge in [-0.3, -0.25) is 14.3 Å². The molecule has 4 rings (SSSR count). The first-order valence-electron chi connectivity index (χ1n) is 13.9. The van der Waals surface area contributed by atoms with Gasteiger partial charge in [0.15, 0.2) is 5.76 Å². The van der Waals surface area contributed by atoms with Crippen LogP contribution < -0.4 is 10.1 Å². The Balaban J connectivity index is 1.31. The molecule has 0 spiro atoms. The molecule has 1 saturated heterocycles. The number of carbonyl (C=O) groups excluding carboxylic acids is 3. The fourth-order valence-electron chi connectivity index (χ4n) is 4.47. The number of aryl methyl sites for hydroxylation is 1. The average molecular weight is 566 g/mol. The van der Waals surface area contributed by atoms with E-state index in [1.165, 1.54) is 10.2 Å². The number of hydrogen-bond donors (Lipinski definition) is 1. The van der Waals surface area contributed by atoms with Gasteiger partial charge in [-0.25, -0.2) is 4.79 Å². The maximum absolute atomic E-state index is 13.1. The molecule has 2 aromatic heterocycles. The van der Waals surface area contributed by atoms with E-state index in [0.717, 1.165) is 0 Å². The smallest absolute Gasteiger partial charge is 0.409 e. The predicted octanol–water partition coefficient (Wildman–Crippen LogP) is 4.78. The number of nitrogens with one attached hydrogen (secondary N) is 1.